The van der Waals surface area contributed by atoms with Crippen molar-refractivity contribution in [3.63, 3.8) is 0 Å². The van der Waals surface area contributed by atoms with Crippen molar-refractivity contribution in [2.75, 3.05) is 18.0 Å². The van der Waals surface area contributed by atoms with Crippen molar-refractivity contribution in [1.82, 2.24) is 9.47 Å². The van der Waals surface area contributed by atoms with Gasteiger partial charge in [-0.25, -0.2) is 0 Å². The van der Waals surface area contributed by atoms with Gasteiger partial charge in [-0.15, -0.1) is 0 Å². The number of hydrogen-bond acceptors (Lipinski definition) is 6. The van der Waals surface area contributed by atoms with Gasteiger partial charge in [-0.3, -0.25) is 19.1 Å². The van der Waals surface area contributed by atoms with Crippen molar-refractivity contribution in [2.45, 2.75) is 33.7 Å². The zero-order valence-corrected chi connectivity index (χ0v) is 20.5. The number of amides is 1. The summed E-state index contributed by atoms with van der Waals surface area (Å²) in [6.45, 7) is 9.09. The summed E-state index contributed by atoms with van der Waals surface area (Å²) < 4.78 is 1.99. The lowest BCUT2D eigenvalue weighted by Crippen LogP contribution is -2.33. The molecule has 0 aliphatic carbocycles. The molecule has 1 atom stereocenters. The summed E-state index contributed by atoms with van der Waals surface area (Å²) >= 11 is 6.80. The zero-order valence-electron chi connectivity index (χ0n) is 18.9. The third-order valence-electron chi connectivity index (χ3n) is 5.80. The van der Waals surface area contributed by atoms with Gasteiger partial charge in [-0.2, -0.15) is 5.26 Å². The van der Waals surface area contributed by atoms with Gasteiger partial charge in [-0.1, -0.05) is 54.3 Å². The van der Waals surface area contributed by atoms with Crippen molar-refractivity contribution < 1.29 is 4.79 Å². The Morgan fingerprint density at radius 1 is 1.22 bits per heavy atom. The van der Waals surface area contributed by atoms with E-state index in [0.717, 1.165) is 5.56 Å². The molecule has 0 radical (unpaired) electrons. The normalized spacial score (nSPS) is 15.9. The number of benzene rings is 1. The summed E-state index contributed by atoms with van der Waals surface area (Å²) in [7, 11) is 1.66. The third-order valence-corrected chi connectivity index (χ3v) is 7.13. The van der Waals surface area contributed by atoms with E-state index in [4.69, 9.17) is 12.2 Å². The molecule has 1 aromatic heterocycles. The van der Waals surface area contributed by atoms with Crippen molar-refractivity contribution in [3.05, 3.63) is 67.8 Å². The van der Waals surface area contributed by atoms with Gasteiger partial charge < -0.3 is 4.90 Å². The van der Waals surface area contributed by atoms with Gasteiger partial charge in [0.05, 0.1) is 10.9 Å². The van der Waals surface area contributed by atoms with Gasteiger partial charge in [0, 0.05) is 25.7 Å². The van der Waals surface area contributed by atoms with Crippen LogP contribution in [-0.2, 0) is 11.8 Å². The SMILES string of the molecule is CCN(CC)c1c(/C=C2\SC(=S)N(C(C)c3ccccc3)C2=O)c(C)c(C#N)c(=O)n1C. The second kappa shape index (κ2) is 9.72. The minimum atomic E-state index is -0.339. The molecule has 1 aromatic carbocycles. The maximum absolute atomic E-state index is 13.4. The molecule has 2 aromatic rings. The van der Waals surface area contributed by atoms with Crippen LogP contribution in [0, 0.1) is 18.3 Å². The Balaban J connectivity index is 2.15. The van der Waals surface area contributed by atoms with E-state index < -0.39 is 0 Å². The van der Waals surface area contributed by atoms with E-state index in [1.54, 1.807) is 24.9 Å². The number of anilines is 1. The Bertz CT molecular complexity index is 1190. The monoisotopic (exact) mass is 466 g/mol. The molecule has 8 heteroatoms. The standard InChI is InChI=1S/C24H26N4O2S2/c1-6-27(7-2)21-18(15(3)19(14-25)22(29)26(21)5)13-20-23(30)28(24(31)32-20)16(4)17-11-9-8-10-12-17/h8-13,16H,6-7H2,1-5H3/b20-13-. The van der Waals surface area contributed by atoms with E-state index in [0.29, 0.717) is 39.3 Å². The summed E-state index contributed by atoms with van der Waals surface area (Å²) in [5, 5.41) is 9.59. The molecule has 6 nitrogen and oxygen atoms in total. The fraction of sp³-hybridized carbons (Fsp3) is 0.333. The van der Waals surface area contributed by atoms with Gasteiger partial charge in [0.25, 0.3) is 11.5 Å². The lowest BCUT2D eigenvalue weighted by atomic mass is 10.0. The Hall–Kier alpha value is -2.89. The molecule has 2 heterocycles. The van der Waals surface area contributed by atoms with Crippen LogP contribution in [0.3, 0.4) is 0 Å². The van der Waals surface area contributed by atoms with E-state index in [2.05, 4.69) is 4.90 Å². The molecule has 0 spiro atoms. The number of thioether (sulfide) groups is 1. The molecular formula is C24H26N4O2S2. The molecule has 1 fully saturated rings. The fourth-order valence-electron chi connectivity index (χ4n) is 3.94. The highest BCUT2D eigenvalue weighted by Crippen LogP contribution is 2.39. The van der Waals surface area contributed by atoms with Gasteiger partial charge in [0.15, 0.2) is 0 Å². The largest absolute Gasteiger partial charge is 0.358 e. The van der Waals surface area contributed by atoms with Crippen molar-refractivity contribution in [2.24, 2.45) is 7.05 Å². The van der Waals surface area contributed by atoms with Gasteiger partial charge in [-0.05, 0) is 44.9 Å². The highest BCUT2D eigenvalue weighted by atomic mass is 32.2. The second-order valence-electron chi connectivity index (χ2n) is 7.52. The second-order valence-corrected chi connectivity index (χ2v) is 9.20. The van der Waals surface area contributed by atoms with E-state index in [-0.39, 0.29) is 23.1 Å². The van der Waals surface area contributed by atoms with Crippen LogP contribution >= 0.6 is 24.0 Å². The minimum absolute atomic E-state index is 0.0859. The number of pyridine rings is 1. The van der Waals surface area contributed by atoms with Crippen LogP contribution in [0.25, 0.3) is 6.08 Å². The van der Waals surface area contributed by atoms with E-state index >= 15 is 0 Å². The minimum Gasteiger partial charge on any atom is -0.358 e. The molecule has 1 saturated heterocycles. The van der Waals surface area contributed by atoms with Crippen LogP contribution in [0.2, 0.25) is 0 Å². The number of carbonyl (C=O) groups is 1. The summed E-state index contributed by atoms with van der Waals surface area (Å²) in [5.41, 5.74) is 2.01. The topological polar surface area (TPSA) is 69.3 Å². The molecule has 3 rings (SSSR count). The lowest BCUT2D eigenvalue weighted by molar-refractivity contribution is -0.123. The molecule has 1 aliphatic heterocycles. The van der Waals surface area contributed by atoms with E-state index in [9.17, 15) is 14.9 Å². The maximum Gasteiger partial charge on any atom is 0.270 e. The highest BCUT2D eigenvalue weighted by molar-refractivity contribution is 8.26. The number of aromatic nitrogens is 1. The predicted octanol–water partition coefficient (Wildman–Crippen LogP) is 4.37. The fourth-order valence-corrected chi connectivity index (χ4v) is 5.34. The average molecular weight is 467 g/mol. The number of rotatable bonds is 6. The molecule has 0 bridgehead atoms. The number of nitriles is 1. The van der Waals surface area contributed by atoms with Crippen LogP contribution in [0.5, 0.6) is 0 Å². The van der Waals surface area contributed by atoms with Gasteiger partial charge >= 0.3 is 0 Å². The Morgan fingerprint density at radius 3 is 2.41 bits per heavy atom. The smallest absolute Gasteiger partial charge is 0.270 e. The Labute approximate surface area is 198 Å². The summed E-state index contributed by atoms with van der Waals surface area (Å²) in [6.07, 6.45) is 1.78. The summed E-state index contributed by atoms with van der Waals surface area (Å²) in [6, 6.07) is 11.6. The molecule has 166 valence electrons. The lowest BCUT2D eigenvalue weighted by Gasteiger charge is -2.27. The van der Waals surface area contributed by atoms with Crippen molar-refractivity contribution in [1.29, 1.82) is 5.26 Å². The van der Waals surface area contributed by atoms with Crippen molar-refractivity contribution >= 4 is 46.1 Å². The molecule has 1 amide bonds. The van der Waals surface area contributed by atoms with Crippen LogP contribution in [-0.4, -0.2) is 32.8 Å². The number of thiocarbonyl (C=S) groups is 1. The summed E-state index contributed by atoms with van der Waals surface area (Å²) in [5.74, 6) is 0.520. The average Bonchev–Trinajstić information content (AvgIpc) is 3.07. The third kappa shape index (κ3) is 4.10. The first-order valence-electron chi connectivity index (χ1n) is 10.5. The Kier molecular flexibility index (Phi) is 7.22. The first kappa shape index (κ1) is 23.8. The number of carbonyl (C=O) groups excluding carboxylic acids is 1. The van der Waals surface area contributed by atoms with Crippen LogP contribution in [0.1, 0.15) is 49.1 Å². The van der Waals surface area contributed by atoms with Crippen LogP contribution in [0.15, 0.2) is 40.0 Å². The molecule has 32 heavy (non-hydrogen) atoms. The van der Waals surface area contributed by atoms with Crippen LogP contribution in [0.4, 0.5) is 5.82 Å². The van der Waals surface area contributed by atoms with Crippen LogP contribution < -0.4 is 10.5 Å². The molecular weight excluding hydrogens is 440 g/mol. The first-order valence-corrected chi connectivity index (χ1v) is 11.7. The van der Waals surface area contributed by atoms with Gasteiger partial charge in [0.2, 0.25) is 0 Å². The van der Waals surface area contributed by atoms with E-state index in [1.807, 2.05) is 57.2 Å². The quantitative estimate of drug-likeness (QED) is 0.465. The Morgan fingerprint density at radius 2 is 1.84 bits per heavy atom. The molecule has 0 N–H and O–H groups in total. The predicted molar refractivity (Wildman–Crippen MR) is 135 cm³/mol. The molecule has 0 saturated carbocycles. The maximum atomic E-state index is 13.4. The summed E-state index contributed by atoms with van der Waals surface area (Å²) in [4.78, 5) is 30.3. The number of nitrogens with zero attached hydrogens (tertiary/aromatic N) is 4. The number of hydrogen-bond donors (Lipinski definition) is 0. The molecule has 1 aliphatic rings. The zero-order chi connectivity index (χ0) is 23.6. The van der Waals surface area contributed by atoms with E-state index in [1.165, 1.54) is 16.3 Å². The van der Waals surface area contributed by atoms with Gasteiger partial charge in [0.1, 0.15) is 21.8 Å². The van der Waals surface area contributed by atoms with Crippen molar-refractivity contribution in [3.8, 4) is 6.07 Å². The highest BCUT2D eigenvalue weighted by Gasteiger charge is 2.36. The first-order chi connectivity index (χ1) is 15.3. The molecule has 1 unspecified atom stereocenters.